The van der Waals surface area contributed by atoms with Gasteiger partial charge in [-0.3, -0.25) is 14.9 Å². The van der Waals surface area contributed by atoms with Gasteiger partial charge in [0.25, 0.3) is 5.56 Å². The molecule has 4 aromatic rings. The molecule has 0 amide bonds. The molecule has 0 saturated heterocycles. The maximum atomic E-state index is 13.0. The molecule has 4 rings (SSSR count). The second kappa shape index (κ2) is 5.42. The number of methoxy groups -OCH3 is 2. The number of aromatic nitrogens is 3. The Hall–Kier alpha value is -3.28. The van der Waals surface area contributed by atoms with Crippen LogP contribution in [-0.2, 0) is 0 Å². The number of rotatable bonds is 3. The van der Waals surface area contributed by atoms with Gasteiger partial charge in [0.15, 0.2) is 0 Å². The summed E-state index contributed by atoms with van der Waals surface area (Å²) in [4.78, 5) is 17.2. The number of nitrogens with zero attached hydrogens (tertiary/aromatic N) is 2. The van der Waals surface area contributed by atoms with E-state index in [0.717, 1.165) is 4.68 Å². The van der Waals surface area contributed by atoms with E-state index in [-0.39, 0.29) is 22.6 Å². The smallest absolute Gasteiger partial charge is 0.280 e. The second-order valence-corrected chi connectivity index (χ2v) is 5.15. The number of H-pyrrole nitrogens is 1. The van der Waals surface area contributed by atoms with Crippen LogP contribution in [0.5, 0.6) is 11.5 Å². The van der Waals surface area contributed by atoms with Crippen LogP contribution in [0.3, 0.4) is 0 Å². The van der Waals surface area contributed by atoms with Crippen molar-refractivity contribution in [1.82, 2.24) is 14.8 Å². The predicted molar refractivity (Wildman–Crippen MR) is 92.3 cm³/mol. The highest BCUT2D eigenvalue weighted by Crippen LogP contribution is 2.26. The lowest BCUT2D eigenvalue weighted by molar-refractivity contribution is 0.411. The molecule has 0 aliphatic carbocycles. The topological polar surface area (TPSA) is 69.1 Å². The predicted octanol–water partition coefficient (Wildman–Crippen LogP) is 2.88. The maximum Gasteiger partial charge on any atom is 0.280 e. The lowest BCUT2D eigenvalue weighted by atomic mass is 10.1. The first-order valence-corrected chi connectivity index (χ1v) is 7.03. The third-order valence-electron chi connectivity index (χ3n) is 3.83. The Balaban J connectivity index is 1.92. The molecule has 2 heterocycles. The van der Waals surface area contributed by atoms with Crippen LogP contribution in [0, 0.1) is 0 Å². The zero-order chi connectivity index (χ0) is 21.7. The van der Waals surface area contributed by atoms with E-state index in [1.54, 1.807) is 18.2 Å². The van der Waals surface area contributed by atoms with Crippen molar-refractivity contribution in [3.8, 4) is 17.2 Å². The van der Waals surface area contributed by atoms with E-state index in [1.165, 1.54) is 30.5 Å². The van der Waals surface area contributed by atoms with Gasteiger partial charge in [0, 0.05) is 11.6 Å². The monoisotopic (exact) mass is 327 g/mol. The van der Waals surface area contributed by atoms with E-state index in [4.69, 9.17) is 17.7 Å². The molecule has 0 atom stereocenters. The van der Waals surface area contributed by atoms with Crippen molar-refractivity contribution in [2.75, 3.05) is 14.1 Å². The summed E-state index contributed by atoms with van der Waals surface area (Å²) < 4.78 is 54.9. The van der Waals surface area contributed by atoms with E-state index < -0.39 is 19.6 Å². The van der Waals surface area contributed by atoms with Gasteiger partial charge >= 0.3 is 0 Å². The molecule has 0 radical (unpaired) electrons. The van der Waals surface area contributed by atoms with Gasteiger partial charge < -0.3 is 9.47 Å². The molecule has 0 bridgehead atoms. The normalized spacial score (nSPS) is 15.8. The van der Waals surface area contributed by atoms with Crippen molar-refractivity contribution >= 4 is 21.8 Å². The minimum Gasteiger partial charge on any atom is -0.497 e. The summed E-state index contributed by atoms with van der Waals surface area (Å²) in [5.74, 6) is 0.0892. The number of para-hydroxylation sites is 2. The van der Waals surface area contributed by atoms with Crippen molar-refractivity contribution in [2.45, 2.75) is 0 Å². The number of aromatic amines is 1. The minimum atomic E-state index is -2.69. The Labute approximate surface area is 145 Å². The van der Waals surface area contributed by atoms with Crippen LogP contribution in [-0.4, -0.2) is 28.8 Å². The highest BCUT2D eigenvalue weighted by Gasteiger charge is 2.14. The average molecular weight is 327 g/mol. The molecule has 0 unspecified atom stereocenters. The van der Waals surface area contributed by atoms with Gasteiger partial charge in [-0.25, -0.2) is 4.68 Å². The molecule has 2 aromatic carbocycles. The number of benzene rings is 2. The quantitative estimate of drug-likeness (QED) is 0.628. The molecule has 2 aromatic heterocycles. The van der Waals surface area contributed by atoms with Crippen LogP contribution in [0.4, 0.5) is 0 Å². The molecule has 24 heavy (non-hydrogen) atoms. The molecule has 6 nitrogen and oxygen atoms in total. The van der Waals surface area contributed by atoms with Crippen LogP contribution in [0.15, 0.2) is 53.5 Å². The van der Waals surface area contributed by atoms with E-state index in [9.17, 15) is 4.79 Å². The van der Waals surface area contributed by atoms with Gasteiger partial charge in [0.2, 0.25) is 0 Å². The molecule has 0 aliphatic heterocycles. The van der Waals surface area contributed by atoms with Crippen LogP contribution in [0.2, 0.25) is 0 Å². The summed E-state index contributed by atoms with van der Waals surface area (Å²) in [6.45, 7) is 0. The Morgan fingerprint density at radius 2 is 2.00 bits per heavy atom. The fourth-order valence-corrected chi connectivity index (χ4v) is 2.70. The van der Waals surface area contributed by atoms with Gasteiger partial charge in [-0.15, -0.1) is 0 Å². The van der Waals surface area contributed by atoms with Crippen molar-refractivity contribution in [3.05, 3.63) is 59.0 Å². The molecule has 0 fully saturated rings. The fourth-order valence-electron chi connectivity index (χ4n) is 2.70. The first-order chi connectivity index (χ1) is 14.0. The molecule has 0 aliphatic rings. The Morgan fingerprint density at radius 1 is 1.12 bits per heavy atom. The number of nitrogens with one attached hydrogen (secondary N) is 1. The third-order valence-corrected chi connectivity index (χ3v) is 3.83. The van der Waals surface area contributed by atoms with E-state index in [0.29, 0.717) is 16.4 Å². The van der Waals surface area contributed by atoms with E-state index >= 15 is 0 Å². The number of hydrogen-bond acceptors (Lipinski definition) is 4. The van der Waals surface area contributed by atoms with Gasteiger partial charge in [0.1, 0.15) is 17.2 Å². The SMILES string of the molecule is [2H]C([2H])([2H])Oc1ccc2ncc3c(=O)n(-c4ccccc4OC([2H])([2H])[2H])[nH]c3c2c1. The lowest BCUT2D eigenvalue weighted by Crippen LogP contribution is -2.15. The molecule has 0 spiro atoms. The summed E-state index contributed by atoms with van der Waals surface area (Å²) in [5.41, 5.74) is 0.645. The number of hydrogen-bond donors (Lipinski definition) is 1. The Bertz CT molecular complexity index is 1310. The van der Waals surface area contributed by atoms with Crippen molar-refractivity contribution in [1.29, 1.82) is 0 Å². The second-order valence-electron chi connectivity index (χ2n) is 5.15. The van der Waals surface area contributed by atoms with Crippen LogP contribution < -0.4 is 15.0 Å². The van der Waals surface area contributed by atoms with Gasteiger partial charge in [0.05, 0.1) is 38.7 Å². The summed E-state index contributed by atoms with van der Waals surface area (Å²) in [7, 11) is -5.32. The first kappa shape index (κ1) is 9.12. The minimum absolute atomic E-state index is 0.00477. The molecular formula is C18H15N3O3. The zero-order valence-corrected chi connectivity index (χ0v) is 12.2. The molecule has 1 N–H and O–H groups in total. The zero-order valence-electron chi connectivity index (χ0n) is 18.2. The van der Waals surface area contributed by atoms with Crippen LogP contribution in [0.1, 0.15) is 8.22 Å². The summed E-state index contributed by atoms with van der Waals surface area (Å²) >= 11 is 0. The standard InChI is InChI=1S/C18H15N3O3/c1-23-11-7-8-14-12(9-11)17-13(10-19-14)18(22)21(20-17)15-5-3-4-6-16(15)24-2/h3-10,20H,1-2H3/i1D3,2D3. The Kier molecular flexibility index (Phi) is 2.06. The van der Waals surface area contributed by atoms with Gasteiger partial charge in [-0.05, 0) is 30.3 Å². The molecule has 6 heteroatoms. The van der Waals surface area contributed by atoms with Crippen molar-refractivity contribution in [2.24, 2.45) is 0 Å². The van der Waals surface area contributed by atoms with Gasteiger partial charge in [-0.1, -0.05) is 12.1 Å². The first-order valence-electron chi connectivity index (χ1n) is 10.0. The van der Waals surface area contributed by atoms with Crippen molar-refractivity contribution in [3.63, 3.8) is 0 Å². The van der Waals surface area contributed by atoms with Crippen LogP contribution >= 0.6 is 0 Å². The van der Waals surface area contributed by atoms with E-state index in [1.807, 2.05) is 0 Å². The van der Waals surface area contributed by atoms with Crippen LogP contribution in [0.25, 0.3) is 27.5 Å². The van der Waals surface area contributed by atoms with E-state index in [2.05, 4.69) is 10.1 Å². The summed E-state index contributed by atoms with van der Waals surface area (Å²) in [6.07, 6.45) is 1.39. The summed E-state index contributed by atoms with van der Waals surface area (Å²) in [5, 5.41) is 3.65. The lowest BCUT2D eigenvalue weighted by Gasteiger charge is -2.07. The highest BCUT2D eigenvalue weighted by atomic mass is 16.5. The highest BCUT2D eigenvalue weighted by molar-refractivity contribution is 6.03. The molecule has 120 valence electrons. The third kappa shape index (κ3) is 2.04. The molecular weight excluding hydrogens is 306 g/mol. The Morgan fingerprint density at radius 3 is 2.88 bits per heavy atom. The number of pyridine rings is 1. The van der Waals surface area contributed by atoms with Gasteiger partial charge in [-0.2, -0.15) is 0 Å². The largest absolute Gasteiger partial charge is 0.497 e. The average Bonchev–Trinajstić information content (AvgIpc) is 2.97. The summed E-state index contributed by atoms with van der Waals surface area (Å²) in [6, 6.07) is 10.7. The number of ether oxygens (including phenoxy) is 2. The fraction of sp³-hybridized carbons (Fsp3) is 0.111. The molecule has 0 saturated carbocycles. The van der Waals surface area contributed by atoms with Crippen molar-refractivity contribution < 1.29 is 17.7 Å². The number of fused-ring (bicyclic) bond motifs is 3. The maximum absolute atomic E-state index is 13.0.